The minimum Gasteiger partial charge on any atom is -0.351 e. The molecule has 1 atom stereocenters. The van der Waals surface area contributed by atoms with E-state index in [1.54, 1.807) is 44.3 Å². The summed E-state index contributed by atoms with van der Waals surface area (Å²) < 4.78 is 47.6. The zero-order valence-corrected chi connectivity index (χ0v) is 21.5. The molecule has 2 aromatic carbocycles. The highest BCUT2D eigenvalue weighted by Gasteiger charge is 2.46. The maximum atomic E-state index is 14.7. The van der Waals surface area contributed by atoms with E-state index < -0.39 is 17.8 Å². The van der Waals surface area contributed by atoms with Gasteiger partial charge in [-0.2, -0.15) is 5.26 Å². The number of fused-ring (bicyclic) bond motifs is 2. The summed E-state index contributed by atoms with van der Waals surface area (Å²) in [5, 5.41) is 17.5. The average molecular weight is 532 g/mol. The van der Waals surface area contributed by atoms with Gasteiger partial charge in [-0.25, -0.2) is 27.8 Å². The van der Waals surface area contributed by atoms with Crippen molar-refractivity contribution in [1.29, 1.82) is 5.26 Å². The SMILES string of the molecule is CN(C)[C@H]1CN(c2nccn3c(-c4ccc5c(c4)nnn5C)c(-c4ccc(C#N)c(F)c4)nc23)CCC1(F)F. The third-order valence-corrected chi connectivity index (χ3v) is 7.29. The van der Waals surface area contributed by atoms with Crippen molar-refractivity contribution in [2.75, 3.05) is 32.1 Å². The Morgan fingerprint density at radius 1 is 1.13 bits per heavy atom. The van der Waals surface area contributed by atoms with Gasteiger partial charge in [0.05, 0.1) is 28.5 Å². The zero-order chi connectivity index (χ0) is 27.5. The van der Waals surface area contributed by atoms with Gasteiger partial charge in [-0.1, -0.05) is 17.3 Å². The summed E-state index contributed by atoms with van der Waals surface area (Å²) in [5.74, 6) is -3.03. The van der Waals surface area contributed by atoms with Crippen LogP contribution in [0.4, 0.5) is 19.0 Å². The number of rotatable bonds is 4. The van der Waals surface area contributed by atoms with Crippen LogP contribution in [-0.2, 0) is 7.05 Å². The van der Waals surface area contributed by atoms with E-state index in [-0.39, 0.29) is 25.1 Å². The first-order valence-electron chi connectivity index (χ1n) is 12.3. The normalized spacial score (nSPS) is 17.3. The molecule has 0 N–H and O–H groups in total. The Kier molecular flexibility index (Phi) is 5.76. The molecule has 0 saturated carbocycles. The first kappa shape index (κ1) is 24.8. The Bertz CT molecular complexity index is 1770. The van der Waals surface area contributed by atoms with Crippen molar-refractivity contribution in [1.82, 2.24) is 34.3 Å². The summed E-state index contributed by atoms with van der Waals surface area (Å²) in [4.78, 5) is 12.8. The van der Waals surface area contributed by atoms with E-state index in [1.165, 1.54) is 17.0 Å². The van der Waals surface area contributed by atoms with Gasteiger partial charge in [0.1, 0.15) is 17.4 Å². The van der Waals surface area contributed by atoms with Crippen molar-refractivity contribution >= 4 is 22.5 Å². The average Bonchev–Trinajstić information content (AvgIpc) is 3.48. The summed E-state index contributed by atoms with van der Waals surface area (Å²) in [6, 6.07) is 10.9. The number of nitrogens with zero attached hydrogens (tertiary/aromatic N) is 9. The van der Waals surface area contributed by atoms with E-state index in [0.717, 1.165) is 11.1 Å². The molecule has 0 radical (unpaired) electrons. The number of nitriles is 1. The molecule has 0 amide bonds. The van der Waals surface area contributed by atoms with Gasteiger partial charge >= 0.3 is 0 Å². The second-order valence-electron chi connectivity index (χ2n) is 9.91. The molecule has 0 unspecified atom stereocenters. The molecule has 0 spiro atoms. The molecule has 1 fully saturated rings. The molecule has 1 aliphatic rings. The second-order valence-corrected chi connectivity index (χ2v) is 9.91. The molecule has 39 heavy (non-hydrogen) atoms. The minimum atomic E-state index is -2.83. The molecule has 9 nitrogen and oxygen atoms in total. The summed E-state index contributed by atoms with van der Waals surface area (Å²) in [6.07, 6.45) is 3.03. The number of anilines is 1. The van der Waals surface area contributed by atoms with Crippen LogP contribution in [-0.4, -0.2) is 73.4 Å². The lowest BCUT2D eigenvalue weighted by molar-refractivity contribution is -0.0816. The van der Waals surface area contributed by atoms with Crippen molar-refractivity contribution in [3.8, 4) is 28.6 Å². The quantitative estimate of drug-likeness (QED) is 0.344. The van der Waals surface area contributed by atoms with Crippen LogP contribution in [0.3, 0.4) is 0 Å². The Hall–Kier alpha value is -4.50. The lowest BCUT2D eigenvalue weighted by Crippen LogP contribution is -2.57. The fraction of sp³-hybridized carbons (Fsp3) is 0.296. The highest BCUT2D eigenvalue weighted by molar-refractivity contribution is 5.89. The van der Waals surface area contributed by atoms with Crippen molar-refractivity contribution in [3.05, 3.63) is 60.2 Å². The van der Waals surface area contributed by atoms with Crippen LogP contribution < -0.4 is 4.90 Å². The molecule has 1 aliphatic heterocycles. The Morgan fingerprint density at radius 2 is 1.92 bits per heavy atom. The van der Waals surface area contributed by atoms with Crippen LogP contribution in [0.15, 0.2) is 48.8 Å². The van der Waals surface area contributed by atoms with Crippen LogP contribution in [0.1, 0.15) is 12.0 Å². The number of imidazole rings is 1. The van der Waals surface area contributed by atoms with Crippen LogP contribution >= 0.6 is 0 Å². The molecule has 1 saturated heterocycles. The van der Waals surface area contributed by atoms with E-state index in [2.05, 4.69) is 15.3 Å². The number of hydrogen-bond acceptors (Lipinski definition) is 7. The summed E-state index contributed by atoms with van der Waals surface area (Å²) in [7, 11) is 5.09. The van der Waals surface area contributed by atoms with Gasteiger partial charge in [-0.3, -0.25) is 9.30 Å². The lowest BCUT2D eigenvalue weighted by Gasteiger charge is -2.41. The molecule has 198 valence electrons. The highest BCUT2D eigenvalue weighted by atomic mass is 19.3. The maximum absolute atomic E-state index is 14.7. The van der Waals surface area contributed by atoms with Gasteiger partial charge in [-0.05, 0) is 38.4 Å². The van der Waals surface area contributed by atoms with E-state index in [0.29, 0.717) is 33.9 Å². The highest BCUT2D eigenvalue weighted by Crippen LogP contribution is 2.38. The topological polar surface area (TPSA) is 91.2 Å². The lowest BCUT2D eigenvalue weighted by atomic mass is 10.00. The number of piperidine rings is 1. The van der Waals surface area contributed by atoms with E-state index in [4.69, 9.17) is 4.98 Å². The third kappa shape index (κ3) is 4.06. The molecular weight excluding hydrogens is 507 g/mol. The van der Waals surface area contributed by atoms with Crippen LogP contribution in [0.5, 0.6) is 0 Å². The predicted molar refractivity (Wildman–Crippen MR) is 140 cm³/mol. The molecular formula is C27H24F3N9. The molecule has 0 aliphatic carbocycles. The van der Waals surface area contributed by atoms with E-state index in [9.17, 15) is 18.4 Å². The summed E-state index contributed by atoms with van der Waals surface area (Å²) in [6.45, 7) is 0.180. The number of aromatic nitrogens is 6. The third-order valence-electron chi connectivity index (χ3n) is 7.29. The van der Waals surface area contributed by atoms with Gasteiger partial charge in [0.25, 0.3) is 5.92 Å². The van der Waals surface area contributed by atoms with Crippen LogP contribution in [0.2, 0.25) is 0 Å². The predicted octanol–water partition coefficient (Wildman–Crippen LogP) is 4.13. The Balaban J connectivity index is 1.57. The molecule has 6 rings (SSSR count). The maximum Gasteiger partial charge on any atom is 0.266 e. The number of likely N-dealkylation sites (N-methyl/N-ethyl adjacent to an activating group) is 1. The van der Waals surface area contributed by atoms with Crippen LogP contribution in [0.25, 0.3) is 39.2 Å². The fourth-order valence-electron chi connectivity index (χ4n) is 5.22. The Labute approximate surface area is 221 Å². The number of aryl methyl sites for hydroxylation is 1. The van der Waals surface area contributed by atoms with E-state index in [1.807, 2.05) is 33.6 Å². The minimum absolute atomic E-state index is 0.0707. The number of hydrogen-bond donors (Lipinski definition) is 0. The van der Waals surface area contributed by atoms with E-state index >= 15 is 0 Å². The molecule has 4 heterocycles. The molecule has 12 heteroatoms. The second kappa shape index (κ2) is 9.06. The van der Waals surface area contributed by atoms with Crippen molar-refractivity contribution < 1.29 is 13.2 Å². The first-order chi connectivity index (χ1) is 18.7. The smallest absolute Gasteiger partial charge is 0.266 e. The van der Waals surface area contributed by atoms with Crippen molar-refractivity contribution in [3.63, 3.8) is 0 Å². The van der Waals surface area contributed by atoms with Gasteiger partial charge in [-0.15, -0.1) is 5.10 Å². The largest absolute Gasteiger partial charge is 0.351 e. The standard InChI is InChI=1S/C27H24F3N9/c1-36(2)22-15-38(10-8-27(22,29)30)25-26-33-23(16-4-5-18(14-31)19(28)12-16)24(39(26)11-9-32-25)17-6-7-21-20(13-17)34-35-37(21)3/h4-7,9,11-13,22H,8,10,15H2,1-3H3/t22-/m0/s1. The molecule has 3 aromatic heterocycles. The fourth-order valence-corrected chi connectivity index (χ4v) is 5.22. The van der Waals surface area contributed by atoms with Gasteiger partial charge < -0.3 is 4.90 Å². The zero-order valence-electron chi connectivity index (χ0n) is 21.5. The van der Waals surface area contributed by atoms with Crippen molar-refractivity contribution in [2.24, 2.45) is 7.05 Å². The molecule has 0 bridgehead atoms. The monoisotopic (exact) mass is 531 g/mol. The summed E-state index contributed by atoms with van der Waals surface area (Å²) >= 11 is 0. The first-order valence-corrected chi connectivity index (χ1v) is 12.3. The van der Waals surface area contributed by atoms with Crippen molar-refractivity contribution in [2.45, 2.75) is 18.4 Å². The molecule has 5 aromatic rings. The summed E-state index contributed by atoms with van der Waals surface area (Å²) in [5.41, 5.74) is 4.22. The van der Waals surface area contributed by atoms with Gasteiger partial charge in [0.15, 0.2) is 11.5 Å². The van der Waals surface area contributed by atoms with Gasteiger partial charge in [0, 0.05) is 50.1 Å². The number of halogens is 3. The Morgan fingerprint density at radius 3 is 2.67 bits per heavy atom. The number of benzene rings is 2. The van der Waals surface area contributed by atoms with Gasteiger partial charge in [0.2, 0.25) is 0 Å². The number of alkyl halides is 2. The van der Waals surface area contributed by atoms with Crippen LogP contribution in [0, 0.1) is 17.1 Å².